The summed E-state index contributed by atoms with van der Waals surface area (Å²) < 4.78 is 15.6. The SMILES string of the molecule is CC(C)Oc1ccc(C(=O)OCC(=O)NNC(=O)COc2ccc(Cl)cc2)cc1. The molecule has 2 rings (SSSR count). The topological polar surface area (TPSA) is 103 Å². The fourth-order valence-electron chi connectivity index (χ4n) is 2.05. The Hall–Kier alpha value is -3.26. The first kappa shape index (κ1) is 22.0. The lowest BCUT2D eigenvalue weighted by atomic mass is 10.2. The van der Waals surface area contributed by atoms with E-state index in [2.05, 4.69) is 10.9 Å². The van der Waals surface area contributed by atoms with Gasteiger partial charge in [0, 0.05) is 5.02 Å². The Morgan fingerprint density at radius 3 is 2.00 bits per heavy atom. The molecule has 0 saturated heterocycles. The van der Waals surface area contributed by atoms with Crippen LogP contribution in [0.1, 0.15) is 24.2 Å². The van der Waals surface area contributed by atoms with Gasteiger partial charge in [-0.15, -0.1) is 0 Å². The molecule has 29 heavy (non-hydrogen) atoms. The molecular weight excluding hydrogens is 400 g/mol. The number of benzene rings is 2. The lowest BCUT2D eigenvalue weighted by molar-refractivity contribution is -0.131. The van der Waals surface area contributed by atoms with Gasteiger partial charge in [-0.05, 0) is 62.4 Å². The van der Waals surface area contributed by atoms with Gasteiger partial charge in [0.05, 0.1) is 11.7 Å². The maximum Gasteiger partial charge on any atom is 0.338 e. The van der Waals surface area contributed by atoms with Crippen LogP contribution in [0, 0.1) is 0 Å². The summed E-state index contributed by atoms with van der Waals surface area (Å²) in [6.07, 6.45) is 0.0169. The Bertz CT molecular complexity index is 837. The molecule has 0 saturated carbocycles. The van der Waals surface area contributed by atoms with Crippen LogP contribution in [0.3, 0.4) is 0 Å². The van der Waals surface area contributed by atoms with E-state index in [9.17, 15) is 14.4 Å². The first-order valence-electron chi connectivity index (χ1n) is 8.73. The van der Waals surface area contributed by atoms with Crippen molar-refractivity contribution in [3.63, 3.8) is 0 Å². The third-order valence-electron chi connectivity index (χ3n) is 3.32. The number of rotatable bonds is 8. The van der Waals surface area contributed by atoms with Crippen LogP contribution in [0.2, 0.25) is 5.02 Å². The van der Waals surface area contributed by atoms with E-state index < -0.39 is 24.4 Å². The average molecular weight is 421 g/mol. The standard InChI is InChI=1S/C20H21ClN2O6/c1-13(2)29-17-7-3-14(4-8-17)20(26)28-12-19(25)23-22-18(24)11-27-16-9-5-15(21)6-10-16/h3-10,13H,11-12H2,1-2H3,(H,22,24)(H,23,25). The van der Waals surface area contributed by atoms with Crippen molar-refractivity contribution in [2.24, 2.45) is 0 Å². The van der Waals surface area contributed by atoms with Crippen molar-refractivity contribution in [3.8, 4) is 11.5 Å². The summed E-state index contributed by atoms with van der Waals surface area (Å²) >= 11 is 5.75. The van der Waals surface area contributed by atoms with Gasteiger partial charge >= 0.3 is 5.97 Å². The zero-order valence-electron chi connectivity index (χ0n) is 15.9. The highest BCUT2D eigenvalue weighted by molar-refractivity contribution is 6.30. The number of hydrazine groups is 1. The van der Waals surface area contributed by atoms with Crippen molar-refractivity contribution in [1.29, 1.82) is 0 Å². The van der Waals surface area contributed by atoms with Crippen molar-refractivity contribution in [3.05, 3.63) is 59.1 Å². The Kier molecular flexibility index (Phi) is 8.29. The van der Waals surface area contributed by atoms with Crippen LogP contribution < -0.4 is 20.3 Å². The molecule has 0 atom stereocenters. The first-order valence-corrected chi connectivity index (χ1v) is 9.11. The normalized spacial score (nSPS) is 10.2. The molecule has 0 aliphatic rings. The van der Waals surface area contributed by atoms with E-state index in [4.69, 9.17) is 25.8 Å². The van der Waals surface area contributed by atoms with E-state index in [0.29, 0.717) is 16.5 Å². The summed E-state index contributed by atoms with van der Waals surface area (Å²) in [4.78, 5) is 35.3. The van der Waals surface area contributed by atoms with Gasteiger partial charge in [-0.1, -0.05) is 11.6 Å². The molecule has 0 unspecified atom stereocenters. The van der Waals surface area contributed by atoms with Gasteiger partial charge in [0.15, 0.2) is 13.2 Å². The molecule has 0 aliphatic carbocycles. The molecule has 0 radical (unpaired) electrons. The number of amides is 2. The third kappa shape index (κ3) is 8.10. The zero-order valence-corrected chi connectivity index (χ0v) is 16.7. The van der Waals surface area contributed by atoms with Crippen LogP contribution in [-0.2, 0) is 14.3 Å². The van der Waals surface area contributed by atoms with Crippen molar-refractivity contribution in [2.45, 2.75) is 20.0 Å². The fraction of sp³-hybridized carbons (Fsp3) is 0.250. The van der Waals surface area contributed by atoms with Crippen molar-refractivity contribution in [1.82, 2.24) is 10.9 Å². The molecule has 2 aromatic rings. The average Bonchev–Trinajstić information content (AvgIpc) is 2.70. The van der Waals surface area contributed by atoms with Crippen molar-refractivity contribution < 1.29 is 28.6 Å². The molecule has 0 bridgehead atoms. The van der Waals surface area contributed by atoms with Crippen LogP contribution in [0.5, 0.6) is 11.5 Å². The van der Waals surface area contributed by atoms with Crippen LogP contribution in [0.25, 0.3) is 0 Å². The van der Waals surface area contributed by atoms with Crippen LogP contribution in [0.4, 0.5) is 0 Å². The predicted molar refractivity (Wildman–Crippen MR) is 106 cm³/mol. The lowest BCUT2D eigenvalue weighted by Crippen LogP contribution is -2.45. The fourth-order valence-corrected chi connectivity index (χ4v) is 2.17. The second-order valence-corrected chi connectivity index (χ2v) is 6.54. The van der Waals surface area contributed by atoms with Gasteiger partial charge in [0.2, 0.25) is 0 Å². The minimum atomic E-state index is -0.696. The molecule has 9 heteroatoms. The monoisotopic (exact) mass is 420 g/mol. The van der Waals surface area contributed by atoms with Gasteiger partial charge < -0.3 is 14.2 Å². The molecule has 0 heterocycles. The highest BCUT2D eigenvalue weighted by Gasteiger charge is 2.11. The number of carbonyl (C=O) groups excluding carboxylic acids is 3. The highest BCUT2D eigenvalue weighted by atomic mass is 35.5. The van der Waals surface area contributed by atoms with E-state index in [1.165, 1.54) is 12.1 Å². The molecule has 154 valence electrons. The number of nitrogens with one attached hydrogen (secondary N) is 2. The van der Waals surface area contributed by atoms with Crippen LogP contribution in [-0.4, -0.2) is 37.1 Å². The molecular formula is C20H21ClN2O6. The van der Waals surface area contributed by atoms with Gasteiger partial charge in [-0.25, -0.2) is 4.79 Å². The Labute approximate surface area is 173 Å². The second kappa shape index (κ2) is 10.9. The van der Waals surface area contributed by atoms with E-state index >= 15 is 0 Å². The first-order chi connectivity index (χ1) is 13.8. The smallest absolute Gasteiger partial charge is 0.338 e. The Balaban J connectivity index is 1.67. The van der Waals surface area contributed by atoms with E-state index in [-0.39, 0.29) is 18.3 Å². The number of esters is 1. The number of hydrogen-bond donors (Lipinski definition) is 2. The summed E-state index contributed by atoms with van der Waals surface area (Å²) in [6.45, 7) is 2.92. The minimum Gasteiger partial charge on any atom is -0.491 e. The summed E-state index contributed by atoms with van der Waals surface area (Å²) in [5.41, 5.74) is 4.56. The van der Waals surface area contributed by atoms with E-state index in [1.54, 1.807) is 36.4 Å². The maximum absolute atomic E-state index is 11.9. The van der Waals surface area contributed by atoms with Gasteiger partial charge in [0.1, 0.15) is 11.5 Å². The van der Waals surface area contributed by atoms with Crippen molar-refractivity contribution >= 4 is 29.4 Å². The summed E-state index contributed by atoms with van der Waals surface area (Å²) in [5, 5.41) is 0.545. The molecule has 0 aliphatic heterocycles. The second-order valence-electron chi connectivity index (χ2n) is 6.11. The van der Waals surface area contributed by atoms with Gasteiger partial charge in [0.25, 0.3) is 11.8 Å². The number of carbonyl (C=O) groups is 3. The summed E-state index contributed by atoms with van der Waals surface area (Å²) in [5.74, 6) is -0.876. The number of ether oxygens (including phenoxy) is 3. The van der Waals surface area contributed by atoms with Crippen LogP contribution >= 0.6 is 11.6 Å². The predicted octanol–water partition coefficient (Wildman–Crippen LogP) is 2.51. The summed E-state index contributed by atoms with van der Waals surface area (Å²) in [6, 6.07) is 12.8. The zero-order chi connectivity index (χ0) is 21.2. The molecule has 8 nitrogen and oxygen atoms in total. The molecule has 0 aromatic heterocycles. The maximum atomic E-state index is 11.9. The minimum absolute atomic E-state index is 0.0169. The highest BCUT2D eigenvalue weighted by Crippen LogP contribution is 2.15. The van der Waals surface area contributed by atoms with E-state index in [1.807, 2.05) is 13.8 Å². The number of halogens is 1. The molecule has 2 N–H and O–H groups in total. The summed E-state index contributed by atoms with van der Waals surface area (Å²) in [7, 11) is 0. The Morgan fingerprint density at radius 1 is 0.862 bits per heavy atom. The van der Waals surface area contributed by atoms with E-state index in [0.717, 1.165) is 0 Å². The molecule has 2 aromatic carbocycles. The Morgan fingerprint density at radius 2 is 1.41 bits per heavy atom. The van der Waals surface area contributed by atoms with Crippen LogP contribution in [0.15, 0.2) is 48.5 Å². The largest absolute Gasteiger partial charge is 0.491 e. The molecule has 0 fully saturated rings. The lowest BCUT2D eigenvalue weighted by Gasteiger charge is -2.10. The van der Waals surface area contributed by atoms with Crippen molar-refractivity contribution in [2.75, 3.05) is 13.2 Å². The molecule has 0 spiro atoms. The number of hydrogen-bond acceptors (Lipinski definition) is 6. The van der Waals surface area contributed by atoms with Gasteiger partial charge in [-0.2, -0.15) is 0 Å². The van der Waals surface area contributed by atoms with Gasteiger partial charge in [-0.3, -0.25) is 20.4 Å². The molecule has 2 amide bonds. The quantitative estimate of drug-likeness (QED) is 0.502. The third-order valence-corrected chi connectivity index (χ3v) is 3.57.